The quantitative estimate of drug-likeness (QED) is 0.875. The van der Waals surface area contributed by atoms with E-state index in [-0.39, 0.29) is 0 Å². The van der Waals surface area contributed by atoms with Crippen molar-refractivity contribution < 1.29 is 9.52 Å². The molecule has 1 unspecified atom stereocenters. The summed E-state index contributed by atoms with van der Waals surface area (Å²) in [5, 5.41) is 10.5. The zero-order valence-corrected chi connectivity index (χ0v) is 11.7. The first-order valence-corrected chi connectivity index (χ1v) is 6.55. The van der Waals surface area contributed by atoms with E-state index in [0.717, 1.165) is 28.2 Å². The lowest BCUT2D eigenvalue weighted by atomic mass is 9.98. The smallest absolute Gasteiger partial charge is 0.109 e. The molecule has 0 aromatic carbocycles. The summed E-state index contributed by atoms with van der Waals surface area (Å²) in [7, 11) is 0. The monoisotopic (exact) mass is 250 g/mol. The third-order valence-corrected chi connectivity index (χ3v) is 4.25. The van der Waals surface area contributed by atoms with Crippen molar-refractivity contribution in [3.63, 3.8) is 0 Å². The highest BCUT2D eigenvalue weighted by Gasteiger charge is 2.22. The van der Waals surface area contributed by atoms with Gasteiger partial charge in [0.25, 0.3) is 0 Å². The van der Waals surface area contributed by atoms with E-state index >= 15 is 0 Å². The summed E-state index contributed by atoms with van der Waals surface area (Å²) in [6.45, 7) is 9.96. The van der Waals surface area contributed by atoms with Gasteiger partial charge in [0.15, 0.2) is 0 Å². The van der Waals surface area contributed by atoms with Gasteiger partial charge in [0.05, 0.1) is 0 Å². The van der Waals surface area contributed by atoms with Gasteiger partial charge < -0.3 is 9.52 Å². The van der Waals surface area contributed by atoms with Gasteiger partial charge in [0.1, 0.15) is 17.6 Å². The topological polar surface area (TPSA) is 33.4 Å². The van der Waals surface area contributed by atoms with Crippen LogP contribution in [0.25, 0.3) is 0 Å². The molecule has 0 aliphatic carbocycles. The lowest BCUT2D eigenvalue weighted by molar-refractivity contribution is 0.217. The molecular formula is C14H18O2S. The van der Waals surface area contributed by atoms with Gasteiger partial charge in [-0.25, -0.2) is 0 Å². The highest BCUT2D eigenvalue weighted by atomic mass is 32.1. The van der Waals surface area contributed by atoms with Gasteiger partial charge in [-0.15, -0.1) is 11.3 Å². The number of aliphatic hydroxyl groups is 1. The fourth-order valence-electron chi connectivity index (χ4n) is 2.29. The second kappa shape index (κ2) is 4.31. The Morgan fingerprint density at radius 2 is 1.76 bits per heavy atom. The molecule has 0 radical (unpaired) electrons. The molecule has 0 bridgehead atoms. The van der Waals surface area contributed by atoms with E-state index in [4.69, 9.17) is 4.42 Å². The Balaban J connectivity index is 2.50. The second-order valence-electron chi connectivity index (χ2n) is 4.52. The fraction of sp³-hybridized carbons (Fsp3) is 0.429. The maximum atomic E-state index is 10.5. The van der Waals surface area contributed by atoms with Gasteiger partial charge in [0, 0.05) is 15.3 Å². The van der Waals surface area contributed by atoms with Crippen molar-refractivity contribution in [2.24, 2.45) is 0 Å². The van der Waals surface area contributed by atoms with Crippen molar-refractivity contribution in [3.05, 3.63) is 44.0 Å². The highest BCUT2D eigenvalue weighted by Crippen LogP contribution is 2.35. The highest BCUT2D eigenvalue weighted by molar-refractivity contribution is 7.12. The first kappa shape index (κ1) is 12.4. The van der Waals surface area contributed by atoms with Crippen LogP contribution in [-0.4, -0.2) is 5.11 Å². The third kappa shape index (κ3) is 2.05. The molecule has 92 valence electrons. The van der Waals surface area contributed by atoms with E-state index in [1.54, 1.807) is 11.3 Å². The maximum Gasteiger partial charge on any atom is 0.109 e. The van der Waals surface area contributed by atoms with Crippen LogP contribution in [0.15, 0.2) is 10.5 Å². The molecule has 2 heterocycles. The third-order valence-electron chi connectivity index (χ3n) is 3.26. The van der Waals surface area contributed by atoms with Crippen LogP contribution in [0, 0.1) is 34.6 Å². The van der Waals surface area contributed by atoms with Crippen LogP contribution < -0.4 is 0 Å². The van der Waals surface area contributed by atoms with Crippen LogP contribution in [0.4, 0.5) is 0 Å². The fourth-order valence-corrected chi connectivity index (χ4v) is 3.25. The molecule has 2 aromatic rings. The zero-order valence-electron chi connectivity index (χ0n) is 10.9. The van der Waals surface area contributed by atoms with Crippen LogP contribution in [0.5, 0.6) is 0 Å². The Hall–Kier alpha value is -1.06. The molecule has 0 saturated heterocycles. The van der Waals surface area contributed by atoms with Crippen LogP contribution in [0.1, 0.15) is 44.1 Å². The number of hydrogen-bond acceptors (Lipinski definition) is 3. The number of hydrogen-bond donors (Lipinski definition) is 1. The average Bonchev–Trinajstić information content (AvgIpc) is 2.68. The Bertz CT molecular complexity index is 549. The molecule has 17 heavy (non-hydrogen) atoms. The lowest BCUT2D eigenvalue weighted by Crippen LogP contribution is -2.02. The Morgan fingerprint density at radius 3 is 2.18 bits per heavy atom. The van der Waals surface area contributed by atoms with Crippen molar-refractivity contribution in [1.82, 2.24) is 0 Å². The summed E-state index contributed by atoms with van der Waals surface area (Å²) < 4.78 is 5.58. The van der Waals surface area contributed by atoms with Crippen molar-refractivity contribution in [2.45, 2.75) is 40.7 Å². The van der Waals surface area contributed by atoms with Crippen molar-refractivity contribution in [1.29, 1.82) is 0 Å². The Kier molecular flexibility index (Phi) is 3.15. The van der Waals surface area contributed by atoms with Crippen molar-refractivity contribution in [3.8, 4) is 0 Å². The van der Waals surface area contributed by atoms with Gasteiger partial charge in [-0.2, -0.15) is 0 Å². The largest absolute Gasteiger partial charge is 0.466 e. The molecule has 1 N–H and O–H groups in total. The first-order chi connectivity index (χ1) is 7.91. The number of rotatable bonds is 2. The molecular weight excluding hydrogens is 232 g/mol. The summed E-state index contributed by atoms with van der Waals surface area (Å²) in [5.74, 6) is 1.71. The molecule has 2 nitrogen and oxygen atoms in total. The van der Waals surface area contributed by atoms with E-state index in [1.165, 1.54) is 9.75 Å². The van der Waals surface area contributed by atoms with Gasteiger partial charge in [0.2, 0.25) is 0 Å². The minimum absolute atomic E-state index is 0.572. The van der Waals surface area contributed by atoms with E-state index in [2.05, 4.69) is 13.0 Å². The van der Waals surface area contributed by atoms with Gasteiger partial charge in [-0.1, -0.05) is 0 Å². The summed E-state index contributed by atoms with van der Waals surface area (Å²) in [6, 6.07) is 2.06. The summed E-state index contributed by atoms with van der Waals surface area (Å²) in [5.41, 5.74) is 2.97. The van der Waals surface area contributed by atoms with E-state index in [1.807, 2.05) is 27.7 Å². The van der Waals surface area contributed by atoms with Gasteiger partial charge in [-0.05, 0) is 51.8 Å². The number of aryl methyl sites for hydroxylation is 4. The molecule has 1 atom stereocenters. The van der Waals surface area contributed by atoms with Crippen molar-refractivity contribution >= 4 is 11.3 Å². The molecule has 0 amide bonds. The Morgan fingerprint density at radius 1 is 1.12 bits per heavy atom. The number of thiophene rings is 1. The van der Waals surface area contributed by atoms with Gasteiger partial charge >= 0.3 is 0 Å². The minimum Gasteiger partial charge on any atom is -0.466 e. The predicted molar refractivity (Wildman–Crippen MR) is 70.8 cm³/mol. The van der Waals surface area contributed by atoms with E-state index in [0.29, 0.717) is 0 Å². The first-order valence-electron chi connectivity index (χ1n) is 5.73. The van der Waals surface area contributed by atoms with Crippen LogP contribution in [-0.2, 0) is 0 Å². The predicted octanol–water partition coefficient (Wildman–Crippen LogP) is 3.96. The molecule has 3 heteroatoms. The summed E-state index contributed by atoms with van der Waals surface area (Å²) >= 11 is 1.72. The normalized spacial score (nSPS) is 13.1. The molecule has 2 rings (SSSR count). The summed E-state index contributed by atoms with van der Waals surface area (Å²) in [4.78, 5) is 2.40. The Labute approximate surface area is 106 Å². The van der Waals surface area contributed by atoms with E-state index in [9.17, 15) is 5.11 Å². The zero-order chi connectivity index (χ0) is 12.7. The second-order valence-corrected chi connectivity index (χ2v) is 5.98. The van der Waals surface area contributed by atoms with Crippen LogP contribution in [0.2, 0.25) is 0 Å². The number of aliphatic hydroxyl groups excluding tert-OH is 1. The molecule has 0 aliphatic rings. The molecule has 0 saturated carbocycles. The van der Waals surface area contributed by atoms with Crippen molar-refractivity contribution in [2.75, 3.05) is 0 Å². The molecule has 0 aliphatic heterocycles. The molecule has 0 fully saturated rings. The standard InChI is InChI=1S/C14H18O2S/c1-7-6-12(11(5)17-7)14(15)13-8(2)9(3)16-10(13)4/h6,14-15H,1-5H3. The van der Waals surface area contributed by atoms with Crippen LogP contribution >= 0.6 is 11.3 Å². The van der Waals surface area contributed by atoms with E-state index < -0.39 is 6.10 Å². The average molecular weight is 250 g/mol. The van der Waals surface area contributed by atoms with Gasteiger partial charge in [-0.3, -0.25) is 0 Å². The SMILES string of the molecule is Cc1cc(C(O)c2c(C)oc(C)c2C)c(C)s1. The molecule has 0 spiro atoms. The minimum atomic E-state index is -0.572. The summed E-state index contributed by atoms with van der Waals surface area (Å²) in [6.07, 6.45) is -0.572. The number of furan rings is 1. The van der Waals surface area contributed by atoms with Crippen LogP contribution in [0.3, 0.4) is 0 Å². The molecule has 2 aromatic heterocycles. The lowest BCUT2D eigenvalue weighted by Gasteiger charge is -2.11. The maximum absolute atomic E-state index is 10.5.